The smallest absolute Gasteiger partial charge is 0.125 e. The summed E-state index contributed by atoms with van der Waals surface area (Å²) in [7, 11) is 0. The summed E-state index contributed by atoms with van der Waals surface area (Å²) < 4.78 is 0. The highest BCUT2D eigenvalue weighted by molar-refractivity contribution is 5.49. The molecular weight excluding hydrogens is 178 g/mol. The summed E-state index contributed by atoms with van der Waals surface area (Å²) in [5.41, 5.74) is 6.50. The fourth-order valence-electron chi connectivity index (χ4n) is 1.19. The Hall–Kier alpha value is -1.29. The Morgan fingerprint density at radius 1 is 1.64 bits per heavy atom. The minimum atomic E-state index is -0.223. The van der Waals surface area contributed by atoms with E-state index >= 15 is 0 Å². The molecule has 0 saturated carbocycles. The van der Waals surface area contributed by atoms with Crippen molar-refractivity contribution >= 4 is 11.5 Å². The number of anilines is 2. The first-order valence-corrected chi connectivity index (χ1v) is 4.82. The van der Waals surface area contributed by atoms with E-state index in [2.05, 4.69) is 10.3 Å². The monoisotopic (exact) mass is 195 g/mol. The van der Waals surface area contributed by atoms with Gasteiger partial charge < -0.3 is 16.2 Å². The van der Waals surface area contributed by atoms with Crippen LogP contribution < -0.4 is 11.1 Å². The van der Waals surface area contributed by atoms with Gasteiger partial charge in [0.1, 0.15) is 5.82 Å². The average molecular weight is 195 g/mol. The number of nitrogen functional groups attached to an aromatic ring is 1. The highest BCUT2D eigenvalue weighted by Crippen LogP contribution is 2.09. The van der Waals surface area contributed by atoms with E-state index in [0.29, 0.717) is 5.82 Å². The minimum absolute atomic E-state index is 0.223. The van der Waals surface area contributed by atoms with E-state index in [-0.39, 0.29) is 6.10 Å². The van der Waals surface area contributed by atoms with Gasteiger partial charge in [0.2, 0.25) is 0 Å². The second kappa shape index (κ2) is 5.44. The molecule has 78 valence electrons. The minimum Gasteiger partial charge on any atom is -0.393 e. The lowest BCUT2D eigenvalue weighted by Gasteiger charge is -2.07. The van der Waals surface area contributed by atoms with Crippen molar-refractivity contribution in [3.05, 3.63) is 18.3 Å². The van der Waals surface area contributed by atoms with Crippen LogP contribution in [-0.4, -0.2) is 22.7 Å². The van der Waals surface area contributed by atoms with Gasteiger partial charge in [-0.2, -0.15) is 0 Å². The normalized spacial score (nSPS) is 12.4. The first-order chi connectivity index (χ1) is 6.68. The number of rotatable bonds is 5. The van der Waals surface area contributed by atoms with Crippen molar-refractivity contribution in [1.82, 2.24) is 4.98 Å². The lowest BCUT2D eigenvalue weighted by Crippen LogP contribution is -2.06. The van der Waals surface area contributed by atoms with Gasteiger partial charge >= 0.3 is 0 Å². The molecule has 4 heteroatoms. The van der Waals surface area contributed by atoms with Gasteiger partial charge in [-0.15, -0.1) is 0 Å². The van der Waals surface area contributed by atoms with Crippen molar-refractivity contribution in [1.29, 1.82) is 0 Å². The molecule has 1 aromatic rings. The summed E-state index contributed by atoms with van der Waals surface area (Å²) in [5.74, 6) is 0.519. The first-order valence-electron chi connectivity index (χ1n) is 4.82. The topological polar surface area (TPSA) is 71.2 Å². The van der Waals surface area contributed by atoms with Gasteiger partial charge in [-0.05, 0) is 25.8 Å². The van der Waals surface area contributed by atoms with Crippen LogP contribution in [0.2, 0.25) is 0 Å². The molecule has 0 aliphatic rings. The molecule has 0 amide bonds. The van der Waals surface area contributed by atoms with Crippen LogP contribution in [-0.2, 0) is 0 Å². The zero-order chi connectivity index (χ0) is 10.4. The quantitative estimate of drug-likeness (QED) is 0.618. The van der Waals surface area contributed by atoms with Gasteiger partial charge in [0.25, 0.3) is 0 Å². The predicted octanol–water partition coefficient (Wildman–Crippen LogP) is 1.24. The van der Waals surface area contributed by atoms with Crippen LogP contribution in [0, 0.1) is 0 Å². The Kier molecular flexibility index (Phi) is 4.19. The third-order valence-electron chi connectivity index (χ3n) is 1.91. The molecule has 0 aliphatic heterocycles. The van der Waals surface area contributed by atoms with E-state index < -0.39 is 0 Å². The molecule has 1 rings (SSSR count). The zero-order valence-electron chi connectivity index (χ0n) is 8.40. The van der Waals surface area contributed by atoms with Crippen molar-refractivity contribution < 1.29 is 5.11 Å². The predicted molar refractivity (Wildman–Crippen MR) is 58.1 cm³/mol. The van der Waals surface area contributed by atoms with Crippen LogP contribution in [0.1, 0.15) is 19.8 Å². The number of aliphatic hydroxyl groups excluding tert-OH is 1. The van der Waals surface area contributed by atoms with E-state index in [1.807, 2.05) is 6.07 Å². The highest BCUT2D eigenvalue weighted by Gasteiger charge is 1.96. The van der Waals surface area contributed by atoms with Crippen molar-refractivity contribution in [2.24, 2.45) is 0 Å². The summed E-state index contributed by atoms with van der Waals surface area (Å²) >= 11 is 0. The van der Waals surface area contributed by atoms with E-state index in [1.165, 1.54) is 0 Å². The Morgan fingerprint density at radius 3 is 3.07 bits per heavy atom. The van der Waals surface area contributed by atoms with Crippen LogP contribution in [0.15, 0.2) is 18.3 Å². The molecule has 1 atom stereocenters. The van der Waals surface area contributed by atoms with Gasteiger partial charge in [-0.1, -0.05) is 0 Å². The van der Waals surface area contributed by atoms with Crippen LogP contribution in [0.25, 0.3) is 0 Å². The number of nitrogens with zero attached hydrogens (tertiary/aromatic N) is 1. The van der Waals surface area contributed by atoms with Gasteiger partial charge in [0.05, 0.1) is 6.10 Å². The van der Waals surface area contributed by atoms with Crippen molar-refractivity contribution in [2.45, 2.75) is 25.9 Å². The van der Waals surface area contributed by atoms with Crippen LogP contribution >= 0.6 is 0 Å². The Labute approximate surface area is 84.2 Å². The second-order valence-electron chi connectivity index (χ2n) is 3.39. The molecule has 1 heterocycles. The molecule has 1 unspecified atom stereocenters. The van der Waals surface area contributed by atoms with Gasteiger partial charge in [-0.3, -0.25) is 0 Å². The lowest BCUT2D eigenvalue weighted by atomic mass is 10.2. The number of nitrogens with one attached hydrogen (secondary N) is 1. The molecule has 4 N–H and O–H groups in total. The van der Waals surface area contributed by atoms with Gasteiger partial charge in [-0.25, -0.2) is 4.98 Å². The molecular formula is C10H17N3O. The first kappa shape index (κ1) is 10.8. The number of aliphatic hydroxyl groups is 1. The summed E-state index contributed by atoms with van der Waals surface area (Å²) in [6, 6.07) is 3.67. The van der Waals surface area contributed by atoms with Crippen molar-refractivity contribution in [3.8, 4) is 0 Å². The summed E-state index contributed by atoms with van der Waals surface area (Å²) in [5, 5.41) is 12.2. The molecule has 0 aliphatic carbocycles. The molecule has 0 bridgehead atoms. The fraction of sp³-hybridized carbons (Fsp3) is 0.500. The third kappa shape index (κ3) is 4.09. The lowest BCUT2D eigenvalue weighted by molar-refractivity contribution is 0.183. The third-order valence-corrected chi connectivity index (χ3v) is 1.91. The molecule has 4 nitrogen and oxygen atoms in total. The number of aromatic nitrogens is 1. The van der Waals surface area contributed by atoms with E-state index in [9.17, 15) is 0 Å². The number of nitrogens with two attached hydrogens (primary N) is 1. The maximum Gasteiger partial charge on any atom is 0.125 e. The van der Waals surface area contributed by atoms with Crippen molar-refractivity contribution in [3.63, 3.8) is 0 Å². The van der Waals surface area contributed by atoms with E-state index in [1.54, 1.807) is 19.2 Å². The summed E-state index contributed by atoms with van der Waals surface area (Å²) in [6.45, 7) is 2.64. The highest BCUT2D eigenvalue weighted by atomic mass is 16.3. The van der Waals surface area contributed by atoms with Gasteiger partial charge in [0, 0.05) is 24.5 Å². The number of hydrogen-bond acceptors (Lipinski definition) is 4. The van der Waals surface area contributed by atoms with E-state index in [4.69, 9.17) is 10.8 Å². The summed E-state index contributed by atoms with van der Waals surface area (Å²) in [4.78, 5) is 3.89. The largest absolute Gasteiger partial charge is 0.393 e. The fourth-order valence-corrected chi connectivity index (χ4v) is 1.19. The Bertz CT molecular complexity index is 276. The van der Waals surface area contributed by atoms with Crippen molar-refractivity contribution in [2.75, 3.05) is 17.6 Å². The standard InChI is InChI=1S/C10H17N3O/c1-8(14)3-2-5-12-9-4-6-13-10(11)7-9/h4,6-8,14H,2-3,5H2,1H3,(H3,11,12,13). The Morgan fingerprint density at radius 2 is 2.43 bits per heavy atom. The molecule has 14 heavy (non-hydrogen) atoms. The maximum atomic E-state index is 9.04. The number of pyridine rings is 1. The zero-order valence-corrected chi connectivity index (χ0v) is 8.40. The van der Waals surface area contributed by atoms with Crippen LogP contribution in [0.5, 0.6) is 0 Å². The molecule has 1 aromatic heterocycles. The summed E-state index contributed by atoms with van der Waals surface area (Å²) in [6.07, 6.45) is 3.21. The maximum absolute atomic E-state index is 9.04. The Balaban J connectivity index is 2.25. The van der Waals surface area contributed by atoms with Crippen LogP contribution in [0.3, 0.4) is 0 Å². The van der Waals surface area contributed by atoms with Crippen LogP contribution in [0.4, 0.5) is 11.5 Å². The number of hydrogen-bond donors (Lipinski definition) is 3. The molecule has 0 spiro atoms. The molecule has 0 radical (unpaired) electrons. The molecule has 0 aromatic carbocycles. The van der Waals surface area contributed by atoms with Gasteiger partial charge in [0.15, 0.2) is 0 Å². The SMILES string of the molecule is CC(O)CCCNc1ccnc(N)c1. The molecule has 0 fully saturated rings. The van der Waals surface area contributed by atoms with E-state index in [0.717, 1.165) is 25.1 Å². The second-order valence-corrected chi connectivity index (χ2v) is 3.39. The average Bonchev–Trinajstić information content (AvgIpc) is 2.12. The molecule has 0 saturated heterocycles.